The molecule has 0 atom stereocenters. The van der Waals surface area contributed by atoms with E-state index in [1.807, 2.05) is 100 Å². The third-order valence-electron chi connectivity index (χ3n) is 10.2. The number of rotatable bonds is 14. The van der Waals surface area contributed by atoms with E-state index in [0.29, 0.717) is 0 Å². The number of nitrogens with one attached hydrogen (secondary N) is 1. The van der Waals surface area contributed by atoms with E-state index >= 15 is 0 Å². The maximum atomic E-state index is 14.7. The molecule has 0 saturated heterocycles. The summed E-state index contributed by atoms with van der Waals surface area (Å²) in [6, 6.07) is 32.4. The van der Waals surface area contributed by atoms with E-state index in [1.54, 1.807) is 0 Å². The summed E-state index contributed by atoms with van der Waals surface area (Å²) in [7, 11) is -6.93. The molecule has 4 aromatic rings. The fourth-order valence-corrected chi connectivity index (χ4v) is 16.0. The van der Waals surface area contributed by atoms with Crippen LogP contribution in [0.2, 0.25) is 0 Å². The van der Waals surface area contributed by atoms with Crippen molar-refractivity contribution in [3.63, 3.8) is 0 Å². The molecule has 0 aliphatic heterocycles. The number of hydrogen-bond donors (Lipinski definition) is 1. The minimum Gasteiger partial charge on any atom is -0.490 e. The molecule has 0 amide bonds. The molecule has 2 saturated carbocycles. The summed E-state index contributed by atoms with van der Waals surface area (Å²) in [6.45, 7) is 8.13. The number of ether oxygens (including phenoxy) is 2. The first kappa shape index (κ1) is 40.5. The molecule has 6 nitrogen and oxygen atoms in total. The van der Waals surface area contributed by atoms with Crippen LogP contribution in [0.25, 0.3) is 22.3 Å². The third-order valence-corrected chi connectivity index (χ3v) is 16.9. The minimum absolute atomic E-state index is 0. The molecule has 0 unspecified atom stereocenters. The molecule has 2 fully saturated rings. The van der Waals surface area contributed by atoms with Crippen molar-refractivity contribution in [2.45, 2.75) is 115 Å². The molecule has 1 N–H and O–H groups in total. The Hall–Kier alpha value is -2.72. The standard InChI is InChI=1S/C43H55NO5PS.Pd/c1-32(2)47-40-28-18-29-41(48-33(3)4)43(40)38-26-15-17-30-42(38)50(35-21-10-6-11-22-35,36-23-12-7-13-24-36)49-51(45,46)31-44-39-27-16-14-25-37(39)34-19-8-5-9-20-34;/h5,8-9,14-20,25-30,32-33,35-36,44H,6-7,10-13,21-24,31H2,1-4H3;/q+1;. The maximum absolute atomic E-state index is 14.7. The van der Waals surface area contributed by atoms with Gasteiger partial charge in [-0.15, -0.1) is 3.97 Å². The van der Waals surface area contributed by atoms with E-state index in [1.165, 1.54) is 12.8 Å². The van der Waals surface area contributed by atoms with Gasteiger partial charge in [-0.25, -0.2) is 0 Å². The van der Waals surface area contributed by atoms with Crippen LogP contribution in [0, 0.1) is 0 Å². The Morgan fingerprint density at radius 3 is 1.69 bits per heavy atom. The number of anilines is 1. The van der Waals surface area contributed by atoms with Crippen LogP contribution in [-0.4, -0.2) is 37.8 Å². The first-order valence-electron chi connectivity index (χ1n) is 18.9. The van der Waals surface area contributed by atoms with Gasteiger partial charge in [0.1, 0.15) is 34.0 Å². The summed E-state index contributed by atoms with van der Waals surface area (Å²) < 4.78 is 49.4. The number of benzene rings is 4. The maximum Gasteiger partial charge on any atom is 0.317 e. The molecular weight excluding hydrogens is 780 g/mol. The zero-order chi connectivity index (χ0) is 35.8. The average Bonchev–Trinajstić information content (AvgIpc) is 3.14. The SMILES string of the molecule is CC(C)Oc1cccc(OC(C)C)c1-c1ccccc1[P+](OS(=O)(=O)CNc1ccccc1-c1ccccc1)(C1CCCCC1)C1CCCCC1.[Pd]. The Bertz CT molecular complexity index is 1790. The molecule has 2 aliphatic rings. The van der Waals surface area contributed by atoms with E-state index in [2.05, 4.69) is 29.6 Å². The van der Waals surface area contributed by atoms with Gasteiger partial charge in [0, 0.05) is 37.2 Å². The predicted molar refractivity (Wildman–Crippen MR) is 214 cm³/mol. The number of hydrogen-bond acceptors (Lipinski definition) is 6. The largest absolute Gasteiger partial charge is 0.490 e. The second-order valence-corrected chi connectivity index (χ2v) is 20.0. The quantitative estimate of drug-likeness (QED) is 0.101. The molecule has 282 valence electrons. The van der Waals surface area contributed by atoms with E-state index < -0.39 is 17.6 Å². The van der Waals surface area contributed by atoms with Crippen molar-refractivity contribution >= 4 is 28.6 Å². The molecule has 0 spiro atoms. The fraction of sp³-hybridized carbons (Fsp3) is 0.442. The van der Waals surface area contributed by atoms with Crippen molar-refractivity contribution in [1.29, 1.82) is 0 Å². The topological polar surface area (TPSA) is 73.9 Å². The van der Waals surface area contributed by atoms with E-state index in [9.17, 15) is 8.42 Å². The third kappa shape index (κ3) is 9.49. The fourth-order valence-electron chi connectivity index (χ4n) is 8.14. The van der Waals surface area contributed by atoms with Crippen molar-refractivity contribution < 1.29 is 42.3 Å². The van der Waals surface area contributed by atoms with Gasteiger partial charge in [0.05, 0.1) is 17.8 Å². The molecule has 6 rings (SSSR count). The second-order valence-electron chi connectivity index (χ2n) is 14.6. The number of para-hydroxylation sites is 1. The molecule has 4 aromatic carbocycles. The van der Waals surface area contributed by atoms with Crippen molar-refractivity contribution in [1.82, 2.24) is 0 Å². The van der Waals surface area contributed by atoms with Crippen LogP contribution in [0.4, 0.5) is 5.69 Å². The summed E-state index contributed by atoms with van der Waals surface area (Å²) in [6.07, 6.45) is 10.5. The monoisotopic (exact) mass is 834 g/mol. The molecule has 0 radical (unpaired) electrons. The molecule has 52 heavy (non-hydrogen) atoms. The van der Waals surface area contributed by atoms with Gasteiger partial charge >= 0.3 is 10.1 Å². The van der Waals surface area contributed by atoms with Crippen LogP contribution in [0.15, 0.2) is 97.1 Å². The van der Waals surface area contributed by atoms with E-state index in [0.717, 1.165) is 96.1 Å². The summed E-state index contributed by atoms with van der Waals surface area (Å²) in [4.78, 5) is 0. The molecule has 9 heteroatoms. The van der Waals surface area contributed by atoms with E-state index in [4.69, 9.17) is 13.4 Å². The molecular formula is C43H55NO5PPdS+. The Kier molecular flexibility index (Phi) is 14.4. The van der Waals surface area contributed by atoms with Crippen molar-refractivity contribution in [2.75, 3.05) is 11.2 Å². The van der Waals surface area contributed by atoms with Crippen LogP contribution in [0.3, 0.4) is 0 Å². The first-order valence-corrected chi connectivity index (χ1v) is 22.4. The van der Waals surface area contributed by atoms with Crippen LogP contribution in [-0.2, 0) is 34.5 Å². The normalized spacial score (nSPS) is 16.0. The Balaban J connectivity index is 0.00000523. The minimum atomic E-state index is -4.06. The van der Waals surface area contributed by atoms with Gasteiger partial charge in [-0.3, -0.25) is 0 Å². The van der Waals surface area contributed by atoms with Crippen LogP contribution in [0.5, 0.6) is 11.5 Å². The van der Waals surface area contributed by atoms with Crippen molar-refractivity contribution in [2.24, 2.45) is 0 Å². The van der Waals surface area contributed by atoms with Gasteiger partial charge in [0.25, 0.3) is 0 Å². The summed E-state index contributed by atoms with van der Waals surface area (Å²) in [5, 5.41) is 4.34. The zero-order valence-corrected chi connectivity index (χ0v) is 34.3. The predicted octanol–water partition coefficient (Wildman–Crippen LogP) is 11.2. The van der Waals surface area contributed by atoms with Gasteiger partial charge < -0.3 is 14.8 Å². The van der Waals surface area contributed by atoms with Crippen LogP contribution in [0.1, 0.15) is 91.9 Å². The zero-order valence-electron chi connectivity index (χ0n) is 31.0. The second kappa shape index (κ2) is 18.5. The molecule has 2 aliphatic carbocycles. The van der Waals surface area contributed by atoms with Gasteiger partial charge in [-0.05, 0) is 109 Å². The molecule has 0 aromatic heterocycles. The Labute approximate surface area is 326 Å². The smallest absolute Gasteiger partial charge is 0.317 e. The Morgan fingerprint density at radius 2 is 1.13 bits per heavy atom. The summed E-state index contributed by atoms with van der Waals surface area (Å²) >= 11 is 0. The summed E-state index contributed by atoms with van der Waals surface area (Å²) in [5.41, 5.74) is 4.89. The molecule has 0 heterocycles. The van der Waals surface area contributed by atoms with E-state index in [-0.39, 0.29) is 49.8 Å². The van der Waals surface area contributed by atoms with Crippen molar-refractivity contribution in [3.05, 3.63) is 97.1 Å². The van der Waals surface area contributed by atoms with Gasteiger partial charge in [0.2, 0.25) is 7.49 Å². The van der Waals surface area contributed by atoms with Gasteiger partial charge in [0.15, 0.2) is 0 Å². The van der Waals surface area contributed by atoms with Crippen LogP contribution < -0.4 is 20.1 Å². The van der Waals surface area contributed by atoms with Crippen LogP contribution >= 0.6 is 7.49 Å². The Morgan fingerprint density at radius 1 is 0.635 bits per heavy atom. The van der Waals surface area contributed by atoms with Gasteiger partial charge in [-0.2, -0.15) is 8.42 Å². The molecule has 0 bridgehead atoms. The average molecular weight is 835 g/mol. The van der Waals surface area contributed by atoms with Crippen molar-refractivity contribution in [3.8, 4) is 33.8 Å². The van der Waals surface area contributed by atoms with Gasteiger partial charge in [-0.1, -0.05) is 85.6 Å². The first-order chi connectivity index (χ1) is 24.7. The summed E-state index contributed by atoms with van der Waals surface area (Å²) in [5.74, 6) is 1.17.